The van der Waals surface area contributed by atoms with Gasteiger partial charge in [0, 0.05) is 6.07 Å². The Morgan fingerprint density at radius 1 is 1.64 bits per heavy atom. The van der Waals surface area contributed by atoms with Crippen LogP contribution in [0.2, 0.25) is 0 Å². The summed E-state index contributed by atoms with van der Waals surface area (Å²) in [6.45, 7) is 5.96. The zero-order valence-corrected chi connectivity index (χ0v) is 6.87. The molecule has 0 radical (unpaired) electrons. The monoisotopic (exact) mass is 152 g/mol. The third kappa shape index (κ3) is 1.00. The molecule has 1 aromatic rings. The molecule has 2 heterocycles. The molecule has 0 amide bonds. The molecule has 11 heavy (non-hydrogen) atoms. The van der Waals surface area contributed by atoms with Crippen molar-refractivity contribution in [1.82, 2.24) is 9.78 Å². The Labute approximate surface area is 66.0 Å². The molecule has 1 aromatic heterocycles. The molecule has 0 saturated heterocycles. The zero-order chi connectivity index (χ0) is 7.84. The lowest BCUT2D eigenvalue weighted by Gasteiger charge is -1.96. The molecule has 0 aliphatic carbocycles. The standard InChI is InChI=1S/C8H12N2O/c1-6(2)7-5-8-10(9-7)3-4-11-8/h5-6H,3-4H2,1-2H3. The van der Waals surface area contributed by atoms with Gasteiger partial charge in [0.1, 0.15) is 6.61 Å². The lowest BCUT2D eigenvalue weighted by Crippen LogP contribution is -1.98. The van der Waals surface area contributed by atoms with Gasteiger partial charge in [0.15, 0.2) is 0 Å². The van der Waals surface area contributed by atoms with Crippen LogP contribution in [0.1, 0.15) is 25.5 Å². The minimum Gasteiger partial charge on any atom is -0.476 e. The van der Waals surface area contributed by atoms with E-state index in [1.807, 2.05) is 10.7 Å². The van der Waals surface area contributed by atoms with Gasteiger partial charge in [-0.2, -0.15) is 5.10 Å². The highest BCUT2D eigenvalue weighted by atomic mass is 16.5. The molecular weight excluding hydrogens is 140 g/mol. The summed E-state index contributed by atoms with van der Waals surface area (Å²) in [5, 5.41) is 4.38. The van der Waals surface area contributed by atoms with Crippen LogP contribution >= 0.6 is 0 Å². The molecule has 0 bridgehead atoms. The maximum atomic E-state index is 5.33. The van der Waals surface area contributed by atoms with Crippen LogP contribution in [-0.2, 0) is 6.54 Å². The van der Waals surface area contributed by atoms with E-state index >= 15 is 0 Å². The van der Waals surface area contributed by atoms with Crippen LogP contribution in [0.25, 0.3) is 0 Å². The largest absolute Gasteiger partial charge is 0.476 e. The highest BCUT2D eigenvalue weighted by Gasteiger charge is 2.15. The molecule has 1 aliphatic rings. The minimum absolute atomic E-state index is 0.497. The quantitative estimate of drug-likeness (QED) is 0.608. The SMILES string of the molecule is CC(C)c1cc2n(n1)CCO2. The lowest BCUT2D eigenvalue weighted by atomic mass is 10.1. The highest BCUT2D eigenvalue weighted by molar-refractivity contribution is 5.20. The van der Waals surface area contributed by atoms with Crippen LogP contribution in [0.5, 0.6) is 5.88 Å². The Morgan fingerprint density at radius 2 is 2.45 bits per heavy atom. The van der Waals surface area contributed by atoms with Gasteiger partial charge in [0.2, 0.25) is 5.88 Å². The van der Waals surface area contributed by atoms with Gasteiger partial charge in [-0.3, -0.25) is 0 Å². The number of rotatable bonds is 1. The van der Waals surface area contributed by atoms with Crippen LogP contribution in [0.4, 0.5) is 0 Å². The van der Waals surface area contributed by atoms with Crippen molar-refractivity contribution in [3.63, 3.8) is 0 Å². The Balaban J connectivity index is 2.34. The van der Waals surface area contributed by atoms with E-state index in [1.165, 1.54) is 0 Å². The molecule has 60 valence electrons. The van der Waals surface area contributed by atoms with Gasteiger partial charge in [-0.05, 0) is 5.92 Å². The normalized spacial score (nSPS) is 15.2. The molecule has 0 saturated carbocycles. The fourth-order valence-corrected chi connectivity index (χ4v) is 1.21. The number of fused-ring (bicyclic) bond motifs is 1. The van der Waals surface area contributed by atoms with Gasteiger partial charge in [-0.1, -0.05) is 13.8 Å². The Morgan fingerprint density at radius 3 is 3.09 bits per heavy atom. The maximum Gasteiger partial charge on any atom is 0.212 e. The topological polar surface area (TPSA) is 27.1 Å². The number of aromatic nitrogens is 2. The summed E-state index contributed by atoms with van der Waals surface area (Å²) in [6.07, 6.45) is 0. The Bertz CT molecular complexity index is 244. The minimum atomic E-state index is 0.497. The summed E-state index contributed by atoms with van der Waals surface area (Å²) in [5.41, 5.74) is 1.12. The summed E-state index contributed by atoms with van der Waals surface area (Å²) in [5.74, 6) is 1.42. The van der Waals surface area contributed by atoms with E-state index in [0.717, 1.165) is 24.7 Å². The fraction of sp³-hybridized carbons (Fsp3) is 0.625. The van der Waals surface area contributed by atoms with Crippen molar-refractivity contribution in [2.75, 3.05) is 6.61 Å². The second kappa shape index (κ2) is 2.26. The van der Waals surface area contributed by atoms with Crippen LogP contribution in [0.15, 0.2) is 6.07 Å². The van der Waals surface area contributed by atoms with Crippen LogP contribution < -0.4 is 4.74 Å². The van der Waals surface area contributed by atoms with Gasteiger partial charge in [0.05, 0.1) is 12.2 Å². The molecule has 0 atom stereocenters. The number of nitrogens with zero attached hydrogens (tertiary/aromatic N) is 2. The van der Waals surface area contributed by atoms with Crippen molar-refractivity contribution < 1.29 is 4.74 Å². The summed E-state index contributed by atoms with van der Waals surface area (Å²) in [7, 11) is 0. The number of hydrogen-bond donors (Lipinski definition) is 0. The van der Waals surface area contributed by atoms with Crippen molar-refractivity contribution in [2.24, 2.45) is 0 Å². The smallest absolute Gasteiger partial charge is 0.212 e. The van der Waals surface area contributed by atoms with E-state index in [-0.39, 0.29) is 0 Å². The second-order valence-electron chi connectivity index (χ2n) is 3.13. The average Bonchev–Trinajstić information content (AvgIpc) is 2.40. The average molecular weight is 152 g/mol. The number of hydrogen-bond acceptors (Lipinski definition) is 2. The molecule has 0 fully saturated rings. The van der Waals surface area contributed by atoms with E-state index in [4.69, 9.17) is 4.74 Å². The highest BCUT2D eigenvalue weighted by Crippen LogP contribution is 2.22. The van der Waals surface area contributed by atoms with Crippen LogP contribution in [0, 0.1) is 0 Å². The van der Waals surface area contributed by atoms with Gasteiger partial charge >= 0.3 is 0 Å². The summed E-state index contributed by atoms with van der Waals surface area (Å²) < 4.78 is 7.26. The molecule has 3 heteroatoms. The van der Waals surface area contributed by atoms with Crippen LogP contribution in [-0.4, -0.2) is 16.4 Å². The molecule has 0 aromatic carbocycles. The molecular formula is C8H12N2O. The molecule has 0 unspecified atom stereocenters. The zero-order valence-electron chi connectivity index (χ0n) is 6.87. The summed E-state index contributed by atoms with van der Waals surface area (Å²) in [6, 6.07) is 2.03. The summed E-state index contributed by atoms with van der Waals surface area (Å²) >= 11 is 0. The van der Waals surface area contributed by atoms with E-state index < -0.39 is 0 Å². The molecule has 3 nitrogen and oxygen atoms in total. The van der Waals surface area contributed by atoms with Crippen molar-refractivity contribution in [3.05, 3.63) is 11.8 Å². The van der Waals surface area contributed by atoms with E-state index in [2.05, 4.69) is 18.9 Å². The van der Waals surface area contributed by atoms with Crippen molar-refractivity contribution in [2.45, 2.75) is 26.3 Å². The molecule has 1 aliphatic heterocycles. The first-order chi connectivity index (χ1) is 5.27. The predicted molar refractivity (Wildman–Crippen MR) is 41.8 cm³/mol. The van der Waals surface area contributed by atoms with Gasteiger partial charge < -0.3 is 4.74 Å². The van der Waals surface area contributed by atoms with Gasteiger partial charge in [-0.25, -0.2) is 4.68 Å². The Kier molecular flexibility index (Phi) is 1.37. The van der Waals surface area contributed by atoms with Crippen molar-refractivity contribution >= 4 is 0 Å². The predicted octanol–water partition coefficient (Wildman–Crippen LogP) is 1.40. The lowest BCUT2D eigenvalue weighted by molar-refractivity contribution is 0.356. The third-order valence-electron chi connectivity index (χ3n) is 1.91. The van der Waals surface area contributed by atoms with E-state index in [9.17, 15) is 0 Å². The maximum absolute atomic E-state index is 5.33. The van der Waals surface area contributed by atoms with Gasteiger partial charge in [0.25, 0.3) is 0 Å². The summed E-state index contributed by atoms with van der Waals surface area (Å²) in [4.78, 5) is 0. The first kappa shape index (κ1) is 6.70. The van der Waals surface area contributed by atoms with Crippen molar-refractivity contribution in [3.8, 4) is 5.88 Å². The third-order valence-corrected chi connectivity index (χ3v) is 1.91. The number of ether oxygens (including phenoxy) is 1. The molecule has 0 N–H and O–H groups in total. The Hall–Kier alpha value is -0.990. The van der Waals surface area contributed by atoms with E-state index in [1.54, 1.807) is 0 Å². The fourth-order valence-electron chi connectivity index (χ4n) is 1.21. The van der Waals surface area contributed by atoms with Gasteiger partial charge in [-0.15, -0.1) is 0 Å². The van der Waals surface area contributed by atoms with Crippen molar-refractivity contribution in [1.29, 1.82) is 0 Å². The molecule has 0 spiro atoms. The molecule has 2 rings (SSSR count). The first-order valence-electron chi connectivity index (χ1n) is 3.98. The van der Waals surface area contributed by atoms with E-state index in [0.29, 0.717) is 5.92 Å². The second-order valence-corrected chi connectivity index (χ2v) is 3.13. The first-order valence-corrected chi connectivity index (χ1v) is 3.98. The van der Waals surface area contributed by atoms with Crippen LogP contribution in [0.3, 0.4) is 0 Å².